The number of aliphatic carboxylic acids is 2. The van der Waals surface area contributed by atoms with Crippen LogP contribution in [0.25, 0.3) is 0 Å². The fourth-order valence-electron chi connectivity index (χ4n) is 6.51. The number of carboxylic acids is 2. The second-order valence-electron chi connectivity index (χ2n) is 11.6. The van der Waals surface area contributed by atoms with E-state index in [-0.39, 0.29) is 36.7 Å². The van der Waals surface area contributed by atoms with Crippen molar-refractivity contribution < 1.29 is 29.4 Å². The standard InChI is InChI=1S/C33H42N4O6/c1-7-20-16(3)26(36-32(20)42)13-24-18(5)22(9-11-30(38)39)28(34-24)15-29-23(10-12-31(40)41)19(6)25(35-29)14-27-17(4)21(8-2)33(43)37-27/h7,26-27,34-35H,1,8-15H2,2-6H3,(H,36,42)(H,37,43)(H,38,39)(H,40,41). The summed E-state index contributed by atoms with van der Waals surface area (Å²) in [6, 6.07) is -0.335. The fourth-order valence-corrected chi connectivity index (χ4v) is 6.51. The van der Waals surface area contributed by atoms with Crippen molar-refractivity contribution in [1.29, 1.82) is 0 Å². The predicted octanol–water partition coefficient (Wildman–Crippen LogP) is 3.90. The smallest absolute Gasteiger partial charge is 0.303 e. The molecule has 0 radical (unpaired) electrons. The first-order valence-electron chi connectivity index (χ1n) is 14.8. The molecule has 2 unspecified atom stereocenters. The third-order valence-corrected chi connectivity index (χ3v) is 9.12. The number of aromatic amines is 2. The highest BCUT2D eigenvalue weighted by molar-refractivity contribution is 6.00. The van der Waals surface area contributed by atoms with Gasteiger partial charge in [0, 0.05) is 66.0 Å². The lowest BCUT2D eigenvalue weighted by molar-refractivity contribution is -0.138. The summed E-state index contributed by atoms with van der Waals surface area (Å²) in [5.74, 6) is -1.97. The lowest BCUT2D eigenvalue weighted by Crippen LogP contribution is -2.30. The predicted molar refractivity (Wildman–Crippen MR) is 163 cm³/mol. The molecule has 2 atom stereocenters. The molecule has 0 aromatic carbocycles. The van der Waals surface area contributed by atoms with Crippen molar-refractivity contribution in [2.75, 3.05) is 0 Å². The van der Waals surface area contributed by atoms with Crippen LogP contribution in [0.2, 0.25) is 0 Å². The molecule has 0 fully saturated rings. The van der Waals surface area contributed by atoms with Gasteiger partial charge in [-0.1, -0.05) is 19.6 Å². The van der Waals surface area contributed by atoms with E-state index in [9.17, 15) is 29.4 Å². The maximum atomic E-state index is 12.4. The molecule has 6 N–H and O–H groups in total. The van der Waals surface area contributed by atoms with Gasteiger partial charge >= 0.3 is 11.9 Å². The van der Waals surface area contributed by atoms with E-state index in [0.717, 1.165) is 61.7 Å². The second kappa shape index (κ2) is 12.9. The molecule has 0 spiro atoms. The maximum Gasteiger partial charge on any atom is 0.303 e. The summed E-state index contributed by atoms with van der Waals surface area (Å²) in [7, 11) is 0. The minimum absolute atomic E-state index is 0.0241. The number of carbonyl (C=O) groups excluding carboxylic acids is 2. The summed E-state index contributed by atoms with van der Waals surface area (Å²) in [4.78, 5) is 55.0. The van der Waals surface area contributed by atoms with E-state index in [1.54, 1.807) is 6.08 Å². The topological polar surface area (TPSA) is 164 Å². The van der Waals surface area contributed by atoms with Crippen LogP contribution < -0.4 is 10.6 Å². The summed E-state index contributed by atoms with van der Waals surface area (Å²) >= 11 is 0. The van der Waals surface area contributed by atoms with Gasteiger partial charge in [0.15, 0.2) is 0 Å². The minimum atomic E-state index is -0.890. The van der Waals surface area contributed by atoms with Gasteiger partial charge in [0.1, 0.15) is 0 Å². The highest BCUT2D eigenvalue weighted by Crippen LogP contribution is 2.31. The molecule has 0 aliphatic carbocycles. The van der Waals surface area contributed by atoms with E-state index in [2.05, 4.69) is 27.2 Å². The molecule has 4 heterocycles. The molecule has 4 rings (SSSR count). The van der Waals surface area contributed by atoms with Crippen LogP contribution in [0.1, 0.15) is 85.1 Å². The number of aromatic nitrogens is 2. The third-order valence-electron chi connectivity index (χ3n) is 9.12. The van der Waals surface area contributed by atoms with Crippen LogP contribution in [-0.4, -0.2) is 56.0 Å². The van der Waals surface area contributed by atoms with Crippen LogP contribution >= 0.6 is 0 Å². The summed E-state index contributed by atoms with van der Waals surface area (Å²) in [5.41, 5.74) is 10.7. The van der Waals surface area contributed by atoms with Gasteiger partial charge in [-0.2, -0.15) is 0 Å². The molecule has 2 aromatic heterocycles. The number of H-pyrrole nitrogens is 2. The van der Waals surface area contributed by atoms with Crippen molar-refractivity contribution in [3.8, 4) is 0 Å². The normalized spacial score (nSPS) is 18.4. The van der Waals surface area contributed by atoms with Crippen molar-refractivity contribution in [2.24, 2.45) is 0 Å². The van der Waals surface area contributed by atoms with Crippen molar-refractivity contribution in [3.05, 3.63) is 80.0 Å². The van der Waals surface area contributed by atoms with Crippen LogP contribution in [-0.2, 0) is 51.3 Å². The van der Waals surface area contributed by atoms with Gasteiger partial charge in [0.2, 0.25) is 5.91 Å². The van der Waals surface area contributed by atoms with Gasteiger partial charge in [-0.3, -0.25) is 19.2 Å². The first-order chi connectivity index (χ1) is 20.4. The average Bonchev–Trinajstić information content (AvgIpc) is 3.58. The molecular weight excluding hydrogens is 548 g/mol. The largest absolute Gasteiger partial charge is 0.481 e. The van der Waals surface area contributed by atoms with Crippen molar-refractivity contribution in [2.45, 2.75) is 98.1 Å². The Morgan fingerprint density at radius 3 is 1.63 bits per heavy atom. The Hall–Kier alpha value is -4.34. The zero-order valence-corrected chi connectivity index (χ0v) is 25.6. The number of carboxylic acid groups (broad SMARTS) is 2. The number of nitrogens with one attached hydrogen (secondary N) is 4. The van der Waals surface area contributed by atoms with E-state index < -0.39 is 11.9 Å². The summed E-state index contributed by atoms with van der Waals surface area (Å²) < 4.78 is 0. The van der Waals surface area contributed by atoms with Gasteiger partial charge in [0.25, 0.3) is 5.91 Å². The Labute approximate surface area is 251 Å². The SMILES string of the molecule is C=CC1=C(C)C(Cc2[nH]c(Cc3[nH]c(CC4NC(=O)C(CC)=C4C)c(C)c3CCC(=O)O)c(CCC(=O)O)c2C)NC1=O. The zero-order valence-electron chi connectivity index (χ0n) is 25.6. The Balaban J connectivity index is 1.70. The molecule has 230 valence electrons. The maximum absolute atomic E-state index is 12.4. The van der Waals surface area contributed by atoms with Gasteiger partial charge < -0.3 is 30.8 Å². The zero-order chi connectivity index (χ0) is 31.6. The van der Waals surface area contributed by atoms with Gasteiger partial charge in [-0.25, -0.2) is 0 Å². The molecule has 43 heavy (non-hydrogen) atoms. The molecule has 2 aliphatic heterocycles. The van der Waals surface area contributed by atoms with E-state index in [0.29, 0.717) is 44.1 Å². The highest BCUT2D eigenvalue weighted by Gasteiger charge is 2.31. The van der Waals surface area contributed by atoms with Gasteiger partial charge in [-0.05, 0) is 80.4 Å². The van der Waals surface area contributed by atoms with Crippen LogP contribution in [0.15, 0.2) is 34.9 Å². The lowest BCUT2D eigenvalue weighted by Gasteiger charge is -2.12. The number of carbonyl (C=O) groups is 4. The van der Waals surface area contributed by atoms with Crippen molar-refractivity contribution in [3.63, 3.8) is 0 Å². The van der Waals surface area contributed by atoms with Crippen LogP contribution in [0.3, 0.4) is 0 Å². The monoisotopic (exact) mass is 590 g/mol. The Morgan fingerprint density at radius 2 is 1.23 bits per heavy atom. The lowest BCUT2D eigenvalue weighted by atomic mass is 9.96. The number of hydrogen-bond donors (Lipinski definition) is 6. The van der Waals surface area contributed by atoms with E-state index in [1.165, 1.54) is 0 Å². The molecular formula is C33H42N4O6. The summed E-state index contributed by atoms with van der Waals surface area (Å²) in [6.07, 6.45) is 4.38. The number of amides is 2. The summed E-state index contributed by atoms with van der Waals surface area (Å²) in [5, 5.41) is 25.0. The van der Waals surface area contributed by atoms with E-state index in [4.69, 9.17) is 0 Å². The molecule has 0 bridgehead atoms. The molecule has 10 heteroatoms. The Morgan fingerprint density at radius 1 is 0.767 bits per heavy atom. The van der Waals surface area contributed by atoms with Crippen LogP contribution in [0.5, 0.6) is 0 Å². The fraction of sp³-hybridized carbons (Fsp3) is 0.455. The first-order valence-corrected chi connectivity index (χ1v) is 14.8. The Kier molecular flexibility index (Phi) is 9.47. The Bertz CT molecular complexity index is 1550. The molecule has 10 nitrogen and oxygen atoms in total. The minimum Gasteiger partial charge on any atom is -0.481 e. The molecule has 2 aromatic rings. The van der Waals surface area contributed by atoms with Crippen LogP contribution in [0.4, 0.5) is 0 Å². The van der Waals surface area contributed by atoms with E-state index in [1.807, 2.05) is 34.6 Å². The van der Waals surface area contributed by atoms with Gasteiger partial charge in [0.05, 0.1) is 12.1 Å². The van der Waals surface area contributed by atoms with Gasteiger partial charge in [-0.15, -0.1) is 0 Å². The quantitative estimate of drug-likeness (QED) is 0.195. The highest BCUT2D eigenvalue weighted by atomic mass is 16.4. The average molecular weight is 591 g/mol. The number of hydrogen-bond acceptors (Lipinski definition) is 4. The second-order valence-corrected chi connectivity index (χ2v) is 11.6. The molecule has 0 saturated carbocycles. The molecule has 2 amide bonds. The number of rotatable bonds is 14. The first kappa shape index (κ1) is 31.6. The van der Waals surface area contributed by atoms with Crippen molar-refractivity contribution >= 4 is 23.8 Å². The van der Waals surface area contributed by atoms with Crippen LogP contribution in [0, 0.1) is 13.8 Å². The molecule has 0 saturated heterocycles. The van der Waals surface area contributed by atoms with Crippen molar-refractivity contribution in [1.82, 2.24) is 20.6 Å². The molecule has 2 aliphatic rings. The van der Waals surface area contributed by atoms with E-state index >= 15 is 0 Å². The summed E-state index contributed by atoms with van der Waals surface area (Å²) in [6.45, 7) is 13.6. The third kappa shape index (κ3) is 6.53.